The van der Waals surface area contributed by atoms with Crippen molar-refractivity contribution in [1.29, 1.82) is 0 Å². The molecule has 0 aliphatic rings. The highest BCUT2D eigenvalue weighted by Gasteiger charge is 2.23. The van der Waals surface area contributed by atoms with E-state index in [-0.39, 0.29) is 0 Å². The molecule has 0 aliphatic carbocycles. The van der Waals surface area contributed by atoms with Crippen LogP contribution in [0.2, 0.25) is 0 Å². The smallest absolute Gasteiger partial charge is 0.227 e. The highest BCUT2D eigenvalue weighted by molar-refractivity contribution is 6.12. The zero-order chi connectivity index (χ0) is 56.2. The second-order valence-corrected chi connectivity index (χ2v) is 20.9. The maximum atomic E-state index is 6.21. The second kappa shape index (κ2) is 20.7. The van der Waals surface area contributed by atoms with E-state index >= 15 is 0 Å². The predicted octanol–water partition coefficient (Wildman–Crippen LogP) is 20.6. The molecular weight excluding hydrogens is 1050 g/mol. The highest BCUT2D eigenvalue weighted by atomic mass is 16.4. The Morgan fingerprint density at radius 2 is 0.518 bits per heavy atom. The van der Waals surface area contributed by atoms with Gasteiger partial charge in [-0.3, -0.25) is 0 Å². The molecule has 0 saturated carbocycles. The number of para-hydroxylation sites is 9. The average molecular weight is 1100 g/mol. The van der Waals surface area contributed by atoms with Gasteiger partial charge in [-0.15, -0.1) is 0 Å². The number of aromatic nitrogens is 4. The molecule has 16 aromatic rings. The van der Waals surface area contributed by atoms with Crippen LogP contribution in [-0.4, -0.2) is 19.5 Å². The summed E-state index contributed by atoms with van der Waals surface area (Å²) in [5, 5.41) is 2.18. The SMILES string of the molecule is c1ccc(N(c2ccc(-c3nc4ccccc4o3)cc2)c2ccc(-n3c4ccc(N(c5ccccc5)c5ccc(-c6nc7ccccc7o6)cc5)cc4c4cc(N(c5ccccc5)c5ccc(-c6nc7ccccc7o6)cc5)ccc43)cc2)cc1. The number of oxazole rings is 3. The molecule has 0 atom stereocenters. The van der Waals surface area contributed by atoms with E-state index in [1.54, 1.807) is 0 Å². The van der Waals surface area contributed by atoms with Crippen LogP contribution in [0.5, 0.6) is 0 Å². The maximum Gasteiger partial charge on any atom is 0.227 e. The van der Waals surface area contributed by atoms with E-state index in [1.807, 2.05) is 78.9 Å². The second-order valence-electron chi connectivity index (χ2n) is 20.9. The van der Waals surface area contributed by atoms with Crippen molar-refractivity contribution in [2.24, 2.45) is 0 Å². The van der Waals surface area contributed by atoms with Crippen molar-refractivity contribution in [2.45, 2.75) is 0 Å². The summed E-state index contributed by atoms with van der Waals surface area (Å²) in [6.07, 6.45) is 0. The van der Waals surface area contributed by atoms with Crippen molar-refractivity contribution >= 4 is 106 Å². The van der Waals surface area contributed by atoms with Crippen LogP contribution < -0.4 is 14.7 Å². The normalized spacial score (nSPS) is 11.5. The monoisotopic (exact) mass is 1100 g/mol. The quantitative estimate of drug-likeness (QED) is 0.112. The minimum absolute atomic E-state index is 0.583. The zero-order valence-corrected chi connectivity index (χ0v) is 45.6. The third-order valence-electron chi connectivity index (χ3n) is 15.7. The number of nitrogens with zero attached hydrogens (tertiary/aromatic N) is 7. The summed E-state index contributed by atoms with van der Waals surface area (Å²) >= 11 is 0. The third-order valence-corrected chi connectivity index (χ3v) is 15.7. The zero-order valence-electron chi connectivity index (χ0n) is 45.6. The lowest BCUT2D eigenvalue weighted by Gasteiger charge is -2.26. The van der Waals surface area contributed by atoms with Crippen LogP contribution in [0, 0.1) is 0 Å². The summed E-state index contributed by atoms with van der Waals surface area (Å²) in [7, 11) is 0. The number of benzene rings is 12. The molecule has 12 aromatic carbocycles. The summed E-state index contributed by atoms with van der Waals surface area (Å²) in [5.74, 6) is 1.76. The fourth-order valence-corrected chi connectivity index (χ4v) is 11.6. The van der Waals surface area contributed by atoms with E-state index in [0.717, 1.165) is 129 Å². The Morgan fingerprint density at radius 1 is 0.247 bits per heavy atom. The molecule has 0 unspecified atom stereocenters. The lowest BCUT2D eigenvalue weighted by Crippen LogP contribution is -2.10. The fourth-order valence-electron chi connectivity index (χ4n) is 11.6. The van der Waals surface area contributed by atoms with Gasteiger partial charge >= 0.3 is 0 Å². The van der Waals surface area contributed by atoms with Gasteiger partial charge in [0.2, 0.25) is 17.7 Å². The van der Waals surface area contributed by atoms with E-state index in [9.17, 15) is 0 Å². The van der Waals surface area contributed by atoms with Crippen molar-refractivity contribution in [2.75, 3.05) is 14.7 Å². The summed E-state index contributed by atoms with van der Waals surface area (Å²) in [5.41, 5.74) is 19.7. The molecule has 10 nitrogen and oxygen atoms in total. The van der Waals surface area contributed by atoms with E-state index in [1.165, 1.54) is 0 Å². The largest absolute Gasteiger partial charge is 0.436 e. The van der Waals surface area contributed by atoms with Crippen molar-refractivity contribution in [3.63, 3.8) is 0 Å². The van der Waals surface area contributed by atoms with E-state index in [4.69, 9.17) is 28.2 Å². The first-order chi connectivity index (χ1) is 42.1. The van der Waals surface area contributed by atoms with Crippen LogP contribution >= 0.6 is 0 Å². The van der Waals surface area contributed by atoms with Crippen LogP contribution in [-0.2, 0) is 0 Å². The van der Waals surface area contributed by atoms with Crippen LogP contribution in [0.1, 0.15) is 0 Å². The lowest BCUT2D eigenvalue weighted by atomic mass is 10.1. The minimum Gasteiger partial charge on any atom is -0.436 e. The third kappa shape index (κ3) is 8.98. The number of hydrogen-bond donors (Lipinski definition) is 0. The van der Waals surface area contributed by atoms with Gasteiger partial charge in [-0.05, 0) is 206 Å². The Labute approximate surface area is 488 Å². The van der Waals surface area contributed by atoms with Gasteiger partial charge in [0.1, 0.15) is 16.6 Å². The molecule has 0 bridgehead atoms. The molecule has 0 radical (unpaired) electrons. The van der Waals surface area contributed by atoms with Gasteiger partial charge in [-0.2, -0.15) is 0 Å². The predicted molar refractivity (Wildman–Crippen MR) is 344 cm³/mol. The molecule has 0 spiro atoms. The van der Waals surface area contributed by atoms with Gasteiger partial charge in [-0.25, -0.2) is 15.0 Å². The molecule has 4 heterocycles. The van der Waals surface area contributed by atoms with Crippen LogP contribution in [0.15, 0.2) is 311 Å². The molecule has 0 saturated heterocycles. The first-order valence-electron chi connectivity index (χ1n) is 28.2. The Kier molecular flexibility index (Phi) is 11.9. The van der Waals surface area contributed by atoms with Crippen LogP contribution in [0.3, 0.4) is 0 Å². The summed E-state index contributed by atoms with van der Waals surface area (Å²) in [6.45, 7) is 0. The molecular formula is C75H49N7O3. The molecule has 85 heavy (non-hydrogen) atoms. The molecule has 0 aliphatic heterocycles. The summed E-state index contributed by atoms with van der Waals surface area (Å²) in [6, 6.07) is 103. The van der Waals surface area contributed by atoms with Gasteiger partial charge in [-0.1, -0.05) is 91.0 Å². The maximum absolute atomic E-state index is 6.21. The van der Waals surface area contributed by atoms with E-state index < -0.39 is 0 Å². The molecule has 0 amide bonds. The van der Waals surface area contributed by atoms with Crippen molar-refractivity contribution < 1.29 is 13.3 Å². The Hall–Kier alpha value is -11.8. The molecule has 0 N–H and O–H groups in total. The van der Waals surface area contributed by atoms with Gasteiger partial charge < -0.3 is 32.5 Å². The Morgan fingerprint density at radius 3 is 0.847 bits per heavy atom. The molecule has 0 fully saturated rings. The average Bonchev–Trinajstić information content (AvgIpc) is 2.08. The van der Waals surface area contributed by atoms with E-state index in [0.29, 0.717) is 17.7 Å². The first-order valence-corrected chi connectivity index (χ1v) is 28.2. The van der Waals surface area contributed by atoms with Gasteiger partial charge in [0.25, 0.3) is 0 Å². The fraction of sp³-hybridized carbons (Fsp3) is 0. The van der Waals surface area contributed by atoms with E-state index in [2.05, 4.69) is 238 Å². The Balaban J connectivity index is 0.829. The van der Waals surface area contributed by atoms with Gasteiger partial charge in [0.15, 0.2) is 16.7 Å². The highest BCUT2D eigenvalue weighted by Crippen LogP contribution is 2.45. The van der Waals surface area contributed by atoms with Crippen LogP contribution in [0.25, 0.3) is 95.2 Å². The van der Waals surface area contributed by atoms with Crippen molar-refractivity contribution in [3.8, 4) is 40.0 Å². The Bertz CT molecular complexity index is 4740. The molecule has 16 rings (SSSR count). The molecule has 10 heteroatoms. The standard InChI is InChI=1S/C75H49N7O3/c1-4-16-53(17-5-1)79(56-34-28-50(29-35-56)73-76-65-22-10-13-25-70(65)83-73)59-40-42-60(43-41-59)82-68-46-44-61(80(54-18-6-2-7-19-54)57-36-30-51(31-37-57)74-77-66-23-11-14-26-71(66)84-74)48-63(68)64-49-62(45-47-69(64)82)81(55-20-8-3-9-21-55)58-38-32-52(33-39-58)75-78-67-24-12-15-27-72(67)85-75/h1-49H. The molecule has 402 valence electrons. The topological polar surface area (TPSA) is 92.7 Å². The van der Waals surface area contributed by atoms with Crippen LogP contribution in [0.4, 0.5) is 51.2 Å². The van der Waals surface area contributed by atoms with Gasteiger partial charge in [0.05, 0.1) is 11.0 Å². The number of fused-ring (bicyclic) bond motifs is 6. The number of anilines is 9. The number of rotatable bonds is 13. The van der Waals surface area contributed by atoms with Crippen molar-refractivity contribution in [3.05, 3.63) is 297 Å². The number of hydrogen-bond acceptors (Lipinski definition) is 9. The summed E-state index contributed by atoms with van der Waals surface area (Å²) in [4.78, 5) is 21.3. The van der Waals surface area contributed by atoms with Gasteiger partial charge in [0, 0.05) is 84.3 Å². The molecule has 4 aromatic heterocycles. The first kappa shape index (κ1) is 49.1. The minimum atomic E-state index is 0.583. The lowest BCUT2D eigenvalue weighted by molar-refractivity contribution is 0.619. The van der Waals surface area contributed by atoms with Crippen molar-refractivity contribution in [1.82, 2.24) is 19.5 Å². The summed E-state index contributed by atoms with van der Waals surface area (Å²) < 4.78 is 21.0.